The first-order chi connectivity index (χ1) is 18.7. The number of allylic oxidation sites excluding steroid dienone is 2. The molecule has 0 aliphatic carbocycles. The molecule has 0 spiro atoms. The maximum atomic E-state index is 13.4. The van der Waals surface area contributed by atoms with Crippen LogP contribution in [0.25, 0.3) is 0 Å². The van der Waals surface area contributed by atoms with Crippen molar-refractivity contribution in [1.29, 1.82) is 5.26 Å². The molecule has 0 unspecified atom stereocenters. The SMILES string of the molecule is CC1=C(C(=O)Nc2ccccc2)[C@@H](c2ccncc2)C(C#N)=C(SCC(=O)Nc2cccc(C(F)(F)F)c2)N1. The van der Waals surface area contributed by atoms with Crippen molar-refractivity contribution in [2.45, 2.75) is 19.0 Å². The zero-order valence-corrected chi connectivity index (χ0v) is 21.4. The molecule has 2 aromatic carbocycles. The Hall–Kier alpha value is -4.56. The predicted molar refractivity (Wildman–Crippen MR) is 143 cm³/mol. The zero-order valence-electron chi connectivity index (χ0n) is 20.5. The van der Waals surface area contributed by atoms with E-state index in [1.54, 1.807) is 55.7 Å². The average Bonchev–Trinajstić information content (AvgIpc) is 2.92. The number of carbonyl (C=O) groups excluding carboxylic acids is 2. The fraction of sp³-hybridized carbons (Fsp3) is 0.143. The number of halogens is 3. The van der Waals surface area contributed by atoms with Gasteiger partial charge in [-0.05, 0) is 55.0 Å². The van der Waals surface area contributed by atoms with Gasteiger partial charge in [-0.15, -0.1) is 0 Å². The summed E-state index contributed by atoms with van der Waals surface area (Å²) in [5, 5.41) is 18.9. The van der Waals surface area contributed by atoms with Crippen molar-refractivity contribution in [2.24, 2.45) is 0 Å². The molecule has 39 heavy (non-hydrogen) atoms. The Kier molecular flexibility index (Phi) is 8.36. The molecule has 3 aromatic rings. The van der Waals surface area contributed by atoms with E-state index in [4.69, 9.17) is 0 Å². The number of alkyl halides is 3. The standard InChI is InChI=1S/C28H22F3N5O2S/c1-17-24(26(38)36-20-7-3-2-4-8-20)25(18-10-12-33-13-11-18)22(15-32)27(34-17)39-16-23(37)35-21-9-5-6-19(14-21)28(29,30)31/h2-14,25,34H,16H2,1H3,(H,35,37)(H,36,38)/t25-/m0/s1. The Morgan fingerprint density at radius 1 is 1.03 bits per heavy atom. The molecule has 0 bridgehead atoms. The smallest absolute Gasteiger partial charge is 0.353 e. The van der Waals surface area contributed by atoms with Crippen LogP contribution in [0.4, 0.5) is 24.5 Å². The first kappa shape index (κ1) is 27.5. The number of hydrogen-bond donors (Lipinski definition) is 3. The lowest BCUT2D eigenvalue weighted by Gasteiger charge is -2.29. The highest BCUT2D eigenvalue weighted by Crippen LogP contribution is 2.41. The van der Waals surface area contributed by atoms with Crippen molar-refractivity contribution < 1.29 is 22.8 Å². The highest BCUT2D eigenvalue weighted by molar-refractivity contribution is 8.03. The van der Waals surface area contributed by atoms with Crippen molar-refractivity contribution >= 4 is 35.0 Å². The molecule has 4 rings (SSSR count). The molecule has 7 nitrogen and oxygen atoms in total. The Morgan fingerprint density at radius 3 is 2.38 bits per heavy atom. The Morgan fingerprint density at radius 2 is 1.72 bits per heavy atom. The number of nitriles is 1. The summed E-state index contributed by atoms with van der Waals surface area (Å²) in [4.78, 5) is 30.0. The fourth-order valence-corrected chi connectivity index (χ4v) is 4.94. The minimum atomic E-state index is -4.54. The minimum absolute atomic E-state index is 0.00659. The van der Waals surface area contributed by atoms with Gasteiger partial charge in [0.1, 0.15) is 0 Å². The normalized spacial score (nSPS) is 15.3. The van der Waals surface area contributed by atoms with Gasteiger partial charge >= 0.3 is 6.18 Å². The topological polar surface area (TPSA) is 107 Å². The van der Waals surface area contributed by atoms with Crippen LogP contribution in [-0.4, -0.2) is 22.6 Å². The Labute approximate surface area is 226 Å². The van der Waals surface area contributed by atoms with Crippen LogP contribution < -0.4 is 16.0 Å². The number of nitrogens with one attached hydrogen (secondary N) is 3. The summed E-state index contributed by atoms with van der Waals surface area (Å²) >= 11 is 1.02. The summed E-state index contributed by atoms with van der Waals surface area (Å²) < 4.78 is 39.0. The van der Waals surface area contributed by atoms with Crippen LogP contribution >= 0.6 is 11.8 Å². The zero-order chi connectivity index (χ0) is 28.0. The van der Waals surface area contributed by atoms with Crippen LogP contribution in [0, 0.1) is 11.3 Å². The summed E-state index contributed by atoms with van der Waals surface area (Å²) in [5.41, 5.74) is 1.43. The number of para-hydroxylation sites is 1. The third-order valence-corrected chi connectivity index (χ3v) is 6.80. The summed E-state index contributed by atoms with van der Waals surface area (Å²) in [6.07, 6.45) is -1.42. The molecule has 0 radical (unpaired) electrons. The molecule has 1 aromatic heterocycles. The Bertz CT molecular complexity index is 1480. The molecular weight excluding hydrogens is 527 g/mol. The van der Waals surface area contributed by atoms with Crippen molar-refractivity contribution in [3.05, 3.63) is 112 Å². The molecule has 198 valence electrons. The van der Waals surface area contributed by atoms with Gasteiger partial charge < -0.3 is 16.0 Å². The monoisotopic (exact) mass is 549 g/mol. The number of amides is 2. The maximum absolute atomic E-state index is 13.4. The number of rotatable bonds is 7. The van der Waals surface area contributed by atoms with E-state index in [-0.39, 0.29) is 17.0 Å². The van der Waals surface area contributed by atoms with Crippen molar-refractivity contribution in [1.82, 2.24) is 10.3 Å². The van der Waals surface area contributed by atoms with Gasteiger partial charge in [0.25, 0.3) is 5.91 Å². The average molecular weight is 550 g/mol. The highest BCUT2D eigenvalue weighted by Gasteiger charge is 2.35. The molecule has 0 saturated carbocycles. The number of aromatic nitrogens is 1. The van der Waals surface area contributed by atoms with Gasteiger partial charge in [-0.1, -0.05) is 36.0 Å². The predicted octanol–water partition coefficient (Wildman–Crippen LogP) is 5.81. The lowest BCUT2D eigenvalue weighted by Crippen LogP contribution is -2.31. The number of benzene rings is 2. The molecule has 2 heterocycles. The number of anilines is 2. The van der Waals surface area contributed by atoms with Gasteiger partial charge in [0.2, 0.25) is 5.91 Å². The molecule has 3 N–H and O–H groups in total. The van der Waals surface area contributed by atoms with Crippen LogP contribution in [-0.2, 0) is 15.8 Å². The van der Waals surface area contributed by atoms with Gasteiger partial charge in [-0.2, -0.15) is 18.4 Å². The van der Waals surface area contributed by atoms with Crippen LogP contribution in [0.1, 0.15) is 24.0 Å². The van der Waals surface area contributed by atoms with Crippen LogP contribution in [0.2, 0.25) is 0 Å². The third kappa shape index (κ3) is 6.66. The fourth-order valence-electron chi connectivity index (χ4n) is 4.04. The number of pyridine rings is 1. The van der Waals surface area contributed by atoms with Gasteiger partial charge in [0.05, 0.1) is 33.9 Å². The van der Waals surface area contributed by atoms with Crippen LogP contribution in [0.5, 0.6) is 0 Å². The molecule has 1 atom stereocenters. The third-order valence-electron chi connectivity index (χ3n) is 5.78. The molecular formula is C28H22F3N5O2S. The first-order valence-corrected chi connectivity index (χ1v) is 12.6. The van der Waals surface area contributed by atoms with E-state index in [0.717, 1.165) is 23.9 Å². The number of thioether (sulfide) groups is 1. The molecule has 11 heteroatoms. The lowest BCUT2D eigenvalue weighted by atomic mass is 9.82. The molecule has 2 amide bonds. The first-order valence-electron chi connectivity index (χ1n) is 11.7. The second-order valence-corrected chi connectivity index (χ2v) is 9.45. The summed E-state index contributed by atoms with van der Waals surface area (Å²) in [6.45, 7) is 1.70. The van der Waals surface area contributed by atoms with E-state index in [1.807, 2.05) is 6.07 Å². The molecule has 0 fully saturated rings. The van der Waals surface area contributed by atoms with Crippen molar-refractivity contribution in [3.8, 4) is 6.07 Å². The summed E-state index contributed by atoms with van der Waals surface area (Å²) in [6, 6.07) is 18.8. The van der Waals surface area contributed by atoms with E-state index < -0.39 is 29.5 Å². The van der Waals surface area contributed by atoms with E-state index >= 15 is 0 Å². The number of carbonyl (C=O) groups is 2. The summed E-state index contributed by atoms with van der Waals surface area (Å²) in [5.74, 6) is -1.88. The number of nitrogens with zero attached hydrogens (tertiary/aromatic N) is 2. The number of dihydropyridines is 1. The highest BCUT2D eigenvalue weighted by atomic mass is 32.2. The van der Waals surface area contributed by atoms with E-state index in [2.05, 4.69) is 27.0 Å². The van der Waals surface area contributed by atoms with Crippen LogP contribution in [0.15, 0.2) is 101 Å². The molecule has 1 aliphatic rings. The number of hydrogen-bond acceptors (Lipinski definition) is 6. The second kappa shape index (κ2) is 11.9. The van der Waals surface area contributed by atoms with E-state index in [0.29, 0.717) is 27.6 Å². The van der Waals surface area contributed by atoms with Gasteiger partial charge in [0.15, 0.2) is 0 Å². The van der Waals surface area contributed by atoms with Gasteiger partial charge in [-0.25, -0.2) is 0 Å². The molecule has 0 saturated heterocycles. The Balaban J connectivity index is 1.58. The maximum Gasteiger partial charge on any atom is 0.416 e. The van der Waals surface area contributed by atoms with Crippen molar-refractivity contribution in [3.63, 3.8) is 0 Å². The second-order valence-electron chi connectivity index (χ2n) is 8.47. The largest absolute Gasteiger partial charge is 0.416 e. The van der Waals surface area contributed by atoms with Crippen LogP contribution in [0.3, 0.4) is 0 Å². The van der Waals surface area contributed by atoms with Gasteiger partial charge in [-0.3, -0.25) is 14.6 Å². The summed E-state index contributed by atoms with van der Waals surface area (Å²) in [7, 11) is 0. The van der Waals surface area contributed by atoms with E-state index in [1.165, 1.54) is 12.1 Å². The molecule has 1 aliphatic heterocycles. The van der Waals surface area contributed by atoms with E-state index in [9.17, 15) is 28.0 Å². The quantitative estimate of drug-likeness (QED) is 0.344. The minimum Gasteiger partial charge on any atom is -0.353 e. The van der Waals surface area contributed by atoms with Crippen molar-refractivity contribution in [2.75, 3.05) is 16.4 Å². The van der Waals surface area contributed by atoms with Gasteiger partial charge in [0, 0.05) is 35.0 Å². The lowest BCUT2D eigenvalue weighted by molar-refractivity contribution is -0.137.